The Hall–Kier alpha value is -3.37. The molecule has 7 nitrogen and oxygen atoms in total. The van der Waals surface area contributed by atoms with E-state index >= 15 is 0 Å². The van der Waals surface area contributed by atoms with Crippen molar-refractivity contribution in [3.8, 4) is 5.69 Å². The summed E-state index contributed by atoms with van der Waals surface area (Å²) in [5, 5.41) is 10.3. The van der Waals surface area contributed by atoms with Crippen LogP contribution in [0.15, 0.2) is 36.4 Å². The van der Waals surface area contributed by atoms with Gasteiger partial charge in [-0.2, -0.15) is 13.2 Å². The van der Waals surface area contributed by atoms with Gasteiger partial charge in [-0.25, -0.2) is 14.8 Å². The van der Waals surface area contributed by atoms with Crippen LogP contribution in [0.2, 0.25) is 5.02 Å². The van der Waals surface area contributed by atoms with Crippen molar-refractivity contribution in [3.05, 3.63) is 58.5 Å². The van der Waals surface area contributed by atoms with E-state index in [0.29, 0.717) is 48.7 Å². The van der Waals surface area contributed by atoms with Crippen LogP contribution in [0.3, 0.4) is 0 Å². The number of imidazole rings is 1. The molecule has 0 radical (unpaired) electrons. The lowest BCUT2D eigenvalue weighted by atomic mass is 10.1. The second-order valence-corrected chi connectivity index (χ2v) is 8.33. The van der Waals surface area contributed by atoms with Gasteiger partial charge in [0, 0.05) is 24.2 Å². The van der Waals surface area contributed by atoms with Crippen molar-refractivity contribution in [2.75, 3.05) is 31.2 Å². The maximum atomic E-state index is 13.7. The second-order valence-electron chi connectivity index (χ2n) is 7.92. The highest BCUT2D eigenvalue weighted by Gasteiger charge is 2.34. The first-order chi connectivity index (χ1) is 16.1. The van der Waals surface area contributed by atoms with Gasteiger partial charge in [-0.1, -0.05) is 23.7 Å². The predicted molar refractivity (Wildman–Crippen MR) is 121 cm³/mol. The molecular weight excluding hydrogens is 473 g/mol. The lowest BCUT2D eigenvalue weighted by Gasteiger charge is -2.29. The van der Waals surface area contributed by atoms with E-state index in [4.69, 9.17) is 16.3 Å². The number of aryl methyl sites for hydroxylation is 1. The number of ether oxygens (including phenoxy) is 1. The molecule has 176 valence electrons. The zero-order valence-electron chi connectivity index (χ0n) is 17.9. The van der Waals surface area contributed by atoms with Crippen LogP contribution in [0.5, 0.6) is 0 Å². The molecule has 1 aliphatic rings. The number of pyridine rings is 1. The van der Waals surface area contributed by atoms with Crippen LogP contribution < -0.4 is 4.90 Å². The number of morpholine rings is 1. The molecule has 0 aliphatic carbocycles. The van der Waals surface area contributed by atoms with Crippen LogP contribution in [0.1, 0.15) is 21.9 Å². The molecule has 0 unspecified atom stereocenters. The SMILES string of the molecule is Cc1nc2c(C(=O)O)cc(N3CCOCC3)cc2n1-c1cc(C(F)(F)F)nc2c(Cl)cccc12. The molecular formula is C23H18ClF3N4O3. The van der Waals surface area contributed by atoms with E-state index in [-0.39, 0.29) is 27.3 Å². The standard InChI is InChI=1S/C23H18ClF3N4O3/c1-12-28-21-15(22(32)33)9-13(30-5-7-34-8-6-30)10-18(21)31(12)17-11-19(23(25,26)27)29-20-14(17)3-2-4-16(20)24/h2-4,9-11H,5-8H2,1H3,(H,32,33). The van der Waals surface area contributed by atoms with Gasteiger partial charge in [-0.15, -0.1) is 0 Å². The number of carboxylic acid groups (broad SMARTS) is 1. The smallest absolute Gasteiger partial charge is 0.433 e. The van der Waals surface area contributed by atoms with Gasteiger partial charge in [0.1, 0.15) is 17.0 Å². The van der Waals surface area contributed by atoms with E-state index in [2.05, 4.69) is 9.97 Å². The molecule has 0 amide bonds. The number of anilines is 1. The summed E-state index contributed by atoms with van der Waals surface area (Å²) >= 11 is 6.21. The minimum absolute atomic E-state index is 0.00182. The van der Waals surface area contributed by atoms with E-state index in [0.717, 1.165) is 6.07 Å². The molecule has 1 fully saturated rings. The molecule has 0 bridgehead atoms. The largest absolute Gasteiger partial charge is 0.478 e. The quantitative estimate of drug-likeness (QED) is 0.431. The van der Waals surface area contributed by atoms with Gasteiger partial charge in [-0.05, 0) is 31.2 Å². The van der Waals surface area contributed by atoms with Crippen molar-refractivity contribution < 1.29 is 27.8 Å². The Morgan fingerprint density at radius 3 is 2.53 bits per heavy atom. The van der Waals surface area contributed by atoms with Crippen molar-refractivity contribution in [2.45, 2.75) is 13.1 Å². The second kappa shape index (κ2) is 8.14. The Bertz CT molecular complexity index is 1450. The highest BCUT2D eigenvalue weighted by molar-refractivity contribution is 6.35. The first kappa shape index (κ1) is 22.4. The fourth-order valence-electron chi connectivity index (χ4n) is 4.28. The number of carboxylic acids is 1. The number of fused-ring (bicyclic) bond motifs is 2. The molecule has 1 N–H and O–H groups in total. The third-order valence-corrected chi connectivity index (χ3v) is 6.12. The number of aromatic nitrogens is 3. The van der Waals surface area contributed by atoms with Crippen LogP contribution in [-0.4, -0.2) is 51.9 Å². The van der Waals surface area contributed by atoms with Gasteiger partial charge in [0.2, 0.25) is 0 Å². The third-order valence-electron chi connectivity index (χ3n) is 5.82. The maximum Gasteiger partial charge on any atom is 0.433 e. The zero-order valence-corrected chi connectivity index (χ0v) is 18.6. The highest BCUT2D eigenvalue weighted by atomic mass is 35.5. The average molecular weight is 491 g/mol. The van der Waals surface area contributed by atoms with E-state index in [1.165, 1.54) is 16.7 Å². The van der Waals surface area contributed by atoms with Crippen LogP contribution >= 0.6 is 11.6 Å². The number of aromatic carboxylic acids is 1. The van der Waals surface area contributed by atoms with Gasteiger partial charge < -0.3 is 14.7 Å². The number of nitrogens with zero attached hydrogens (tertiary/aromatic N) is 4. The van der Waals surface area contributed by atoms with Gasteiger partial charge in [0.15, 0.2) is 0 Å². The molecule has 5 rings (SSSR count). The molecule has 2 aromatic heterocycles. The summed E-state index contributed by atoms with van der Waals surface area (Å²) in [5.74, 6) is -0.847. The molecule has 34 heavy (non-hydrogen) atoms. The Morgan fingerprint density at radius 2 is 1.85 bits per heavy atom. The number of hydrogen-bond acceptors (Lipinski definition) is 5. The Balaban J connectivity index is 1.86. The zero-order chi connectivity index (χ0) is 24.2. The van der Waals surface area contributed by atoms with Crippen LogP contribution in [-0.2, 0) is 10.9 Å². The normalized spacial score (nSPS) is 14.8. The Kier molecular flexibility index (Phi) is 5.37. The van der Waals surface area contributed by atoms with Crippen LogP contribution in [0.4, 0.5) is 18.9 Å². The molecule has 2 aromatic carbocycles. The lowest BCUT2D eigenvalue weighted by molar-refractivity contribution is -0.140. The average Bonchev–Trinajstić information content (AvgIpc) is 3.13. The molecule has 11 heteroatoms. The predicted octanol–water partition coefficient (Wildman–Crippen LogP) is 5.09. The first-order valence-electron chi connectivity index (χ1n) is 10.4. The van der Waals surface area contributed by atoms with E-state index in [9.17, 15) is 23.1 Å². The van der Waals surface area contributed by atoms with Crippen molar-refractivity contribution in [1.82, 2.24) is 14.5 Å². The van der Waals surface area contributed by atoms with Crippen molar-refractivity contribution in [3.63, 3.8) is 0 Å². The summed E-state index contributed by atoms with van der Waals surface area (Å²) in [6.07, 6.45) is -4.71. The Labute approximate surface area is 196 Å². The lowest BCUT2D eigenvalue weighted by Crippen LogP contribution is -2.36. The van der Waals surface area contributed by atoms with Gasteiger partial charge in [0.25, 0.3) is 0 Å². The topological polar surface area (TPSA) is 80.5 Å². The number of para-hydroxylation sites is 1. The molecule has 0 saturated carbocycles. The van der Waals surface area contributed by atoms with Crippen molar-refractivity contribution in [1.29, 1.82) is 0 Å². The summed E-state index contributed by atoms with van der Waals surface area (Å²) < 4.78 is 48.1. The number of alkyl halides is 3. The number of carbonyl (C=O) groups is 1. The monoisotopic (exact) mass is 490 g/mol. The first-order valence-corrected chi connectivity index (χ1v) is 10.8. The summed E-state index contributed by atoms with van der Waals surface area (Å²) in [5.41, 5.74) is 0.206. The number of benzene rings is 2. The van der Waals surface area contributed by atoms with Crippen molar-refractivity contribution >= 4 is 45.2 Å². The van der Waals surface area contributed by atoms with Crippen LogP contribution in [0, 0.1) is 6.92 Å². The highest BCUT2D eigenvalue weighted by Crippen LogP contribution is 2.37. The van der Waals surface area contributed by atoms with Crippen molar-refractivity contribution in [2.24, 2.45) is 0 Å². The Morgan fingerprint density at radius 1 is 1.12 bits per heavy atom. The minimum Gasteiger partial charge on any atom is -0.478 e. The van der Waals surface area contributed by atoms with E-state index in [1.807, 2.05) is 4.90 Å². The minimum atomic E-state index is -4.71. The van der Waals surface area contributed by atoms with Crippen LogP contribution in [0.25, 0.3) is 27.6 Å². The van der Waals surface area contributed by atoms with Gasteiger partial charge in [-0.3, -0.25) is 4.57 Å². The number of halogens is 4. The molecule has 1 aliphatic heterocycles. The van der Waals surface area contributed by atoms with E-state index < -0.39 is 17.8 Å². The third kappa shape index (κ3) is 3.72. The molecule has 0 spiro atoms. The van der Waals surface area contributed by atoms with E-state index in [1.54, 1.807) is 25.1 Å². The molecule has 4 aromatic rings. The van der Waals surface area contributed by atoms with Gasteiger partial charge >= 0.3 is 12.1 Å². The molecule has 3 heterocycles. The number of hydrogen-bond donors (Lipinski definition) is 1. The molecule has 0 atom stereocenters. The fraction of sp³-hybridized carbons (Fsp3) is 0.261. The summed E-state index contributed by atoms with van der Waals surface area (Å²) in [6.45, 7) is 3.71. The summed E-state index contributed by atoms with van der Waals surface area (Å²) in [7, 11) is 0. The fourth-order valence-corrected chi connectivity index (χ4v) is 4.49. The number of rotatable bonds is 3. The van der Waals surface area contributed by atoms with Gasteiger partial charge in [0.05, 0.1) is 40.5 Å². The summed E-state index contributed by atoms with van der Waals surface area (Å²) in [4.78, 5) is 22.2. The molecule has 1 saturated heterocycles. The summed E-state index contributed by atoms with van der Waals surface area (Å²) in [6, 6.07) is 8.94. The maximum absolute atomic E-state index is 13.7.